The molecule has 1 saturated heterocycles. The lowest BCUT2D eigenvalue weighted by molar-refractivity contribution is -0.120. The Hall–Kier alpha value is -1.59. The number of phenols is 1. The van der Waals surface area contributed by atoms with Crippen LogP contribution in [0, 0.1) is 5.92 Å². The van der Waals surface area contributed by atoms with Crippen molar-refractivity contribution < 1.29 is 19.4 Å². The summed E-state index contributed by atoms with van der Waals surface area (Å²) in [6.45, 7) is 3.33. The predicted molar refractivity (Wildman–Crippen MR) is 74.6 cm³/mol. The smallest absolute Gasteiger partial charge is 0.224 e. The van der Waals surface area contributed by atoms with Crippen LogP contribution < -0.4 is 5.32 Å². The highest BCUT2D eigenvalue weighted by Gasteiger charge is 2.15. The van der Waals surface area contributed by atoms with E-state index < -0.39 is 0 Å². The largest absolute Gasteiger partial charge is 0.508 e. The first kappa shape index (κ1) is 14.8. The van der Waals surface area contributed by atoms with Gasteiger partial charge in [-0.2, -0.15) is 0 Å². The van der Waals surface area contributed by atoms with Crippen molar-refractivity contribution in [3.05, 3.63) is 29.8 Å². The van der Waals surface area contributed by atoms with Crippen LogP contribution in [-0.4, -0.2) is 44.0 Å². The summed E-state index contributed by atoms with van der Waals surface area (Å²) in [5, 5.41) is 12.1. The van der Waals surface area contributed by atoms with Gasteiger partial charge in [0.1, 0.15) is 5.75 Å². The topological polar surface area (TPSA) is 67.8 Å². The van der Waals surface area contributed by atoms with E-state index in [0.29, 0.717) is 25.7 Å². The van der Waals surface area contributed by atoms with Gasteiger partial charge in [-0.05, 0) is 24.1 Å². The molecule has 2 rings (SSSR count). The number of amides is 1. The van der Waals surface area contributed by atoms with Crippen molar-refractivity contribution >= 4 is 5.91 Å². The molecule has 0 radical (unpaired) electrons. The van der Waals surface area contributed by atoms with Gasteiger partial charge in [0.2, 0.25) is 5.91 Å². The third-order valence-electron chi connectivity index (χ3n) is 3.22. The molecule has 5 heteroatoms. The monoisotopic (exact) mass is 279 g/mol. The second-order valence-corrected chi connectivity index (χ2v) is 5.00. The fraction of sp³-hybridized carbons (Fsp3) is 0.533. The quantitative estimate of drug-likeness (QED) is 0.734. The Morgan fingerprint density at radius 2 is 2.40 bits per heavy atom. The van der Waals surface area contributed by atoms with Crippen LogP contribution >= 0.6 is 0 Å². The summed E-state index contributed by atoms with van der Waals surface area (Å²) in [5.41, 5.74) is 0.798. The van der Waals surface area contributed by atoms with Crippen molar-refractivity contribution in [3.8, 4) is 5.75 Å². The summed E-state index contributed by atoms with van der Waals surface area (Å²) < 4.78 is 10.8. The Kier molecular flexibility index (Phi) is 5.83. The lowest BCUT2D eigenvalue weighted by Crippen LogP contribution is -2.29. The molecule has 20 heavy (non-hydrogen) atoms. The summed E-state index contributed by atoms with van der Waals surface area (Å²) in [6.07, 6.45) is 1.33. The first-order chi connectivity index (χ1) is 9.74. The molecule has 1 aliphatic heterocycles. The summed E-state index contributed by atoms with van der Waals surface area (Å²) >= 11 is 0. The third kappa shape index (κ3) is 5.19. The highest BCUT2D eigenvalue weighted by Crippen LogP contribution is 2.12. The second kappa shape index (κ2) is 7.87. The number of carbonyl (C=O) groups is 1. The number of carbonyl (C=O) groups excluding carboxylic acids is 1. The van der Waals surface area contributed by atoms with E-state index in [1.807, 2.05) is 6.07 Å². The normalized spacial score (nSPS) is 18.1. The molecule has 1 amide bonds. The Bertz CT molecular complexity index is 430. The van der Waals surface area contributed by atoms with Crippen LogP contribution in [-0.2, 0) is 20.7 Å². The first-order valence-electron chi connectivity index (χ1n) is 6.94. The molecule has 2 N–H and O–H groups in total. The number of rotatable bonds is 7. The van der Waals surface area contributed by atoms with Crippen LogP contribution in [0.1, 0.15) is 12.0 Å². The Balaban J connectivity index is 1.55. The number of benzene rings is 1. The standard InChI is InChI=1S/C15H21NO4/c17-14-3-1-2-12(8-14)9-15(18)16-5-7-20-11-13-4-6-19-10-13/h1-3,8,13,17H,4-7,9-11H2,(H,16,18). The minimum atomic E-state index is -0.0663. The molecular formula is C15H21NO4. The zero-order valence-corrected chi connectivity index (χ0v) is 11.5. The van der Waals surface area contributed by atoms with Crippen molar-refractivity contribution in [2.75, 3.05) is 33.0 Å². The van der Waals surface area contributed by atoms with E-state index in [9.17, 15) is 9.90 Å². The molecule has 5 nitrogen and oxygen atoms in total. The fourth-order valence-corrected chi connectivity index (χ4v) is 2.14. The van der Waals surface area contributed by atoms with Gasteiger partial charge in [-0.25, -0.2) is 0 Å². The molecule has 1 unspecified atom stereocenters. The van der Waals surface area contributed by atoms with Crippen LogP contribution in [0.3, 0.4) is 0 Å². The summed E-state index contributed by atoms with van der Waals surface area (Å²) in [5.74, 6) is 0.610. The molecule has 1 aromatic rings. The van der Waals surface area contributed by atoms with Crippen LogP contribution in [0.25, 0.3) is 0 Å². The Morgan fingerprint density at radius 1 is 1.50 bits per heavy atom. The minimum Gasteiger partial charge on any atom is -0.508 e. The van der Waals surface area contributed by atoms with Crippen molar-refractivity contribution in [1.82, 2.24) is 5.32 Å². The van der Waals surface area contributed by atoms with Gasteiger partial charge in [-0.15, -0.1) is 0 Å². The number of ether oxygens (including phenoxy) is 2. The van der Waals surface area contributed by atoms with E-state index in [2.05, 4.69) is 5.32 Å². The van der Waals surface area contributed by atoms with Gasteiger partial charge in [0.25, 0.3) is 0 Å². The predicted octanol–water partition coefficient (Wildman–Crippen LogP) is 1.10. The van der Waals surface area contributed by atoms with E-state index in [-0.39, 0.29) is 18.1 Å². The Morgan fingerprint density at radius 3 is 3.15 bits per heavy atom. The van der Waals surface area contributed by atoms with Gasteiger partial charge < -0.3 is 19.9 Å². The second-order valence-electron chi connectivity index (χ2n) is 5.00. The zero-order chi connectivity index (χ0) is 14.2. The molecule has 0 aliphatic carbocycles. The molecule has 0 bridgehead atoms. The lowest BCUT2D eigenvalue weighted by Gasteiger charge is -2.09. The zero-order valence-electron chi connectivity index (χ0n) is 11.5. The van der Waals surface area contributed by atoms with E-state index >= 15 is 0 Å². The van der Waals surface area contributed by atoms with E-state index in [4.69, 9.17) is 9.47 Å². The Labute approximate surface area is 118 Å². The average Bonchev–Trinajstić information content (AvgIpc) is 2.91. The molecule has 0 saturated carbocycles. The van der Waals surface area contributed by atoms with Gasteiger partial charge in [-0.3, -0.25) is 4.79 Å². The fourth-order valence-electron chi connectivity index (χ4n) is 2.14. The molecular weight excluding hydrogens is 258 g/mol. The van der Waals surface area contributed by atoms with Gasteiger partial charge in [0.15, 0.2) is 0 Å². The van der Waals surface area contributed by atoms with Crippen molar-refractivity contribution in [2.24, 2.45) is 5.92 Å². The molecule has 0 aromatic heterocycles. The number of phenolic OH excluding ortho intramolecular Hbond substituents is 1. The van der Waals surface area contributed by atoms with Crippen molar-refractivity contribution in [2.45, 2.75) is 12.8 Å². The number of hydrogen-bond donors (Lipinski definition) is 2. The van der Waals surface area contributed by atoms with Gasteiger partial charge in [0, 0.05) is 19.1 Å². The highest BCUT2D eigenvalue weighted by molar-refractivity contribution is 5.78. The number of nitrogens with one attached hydrogen (secondary N) is 1. The van der Waals surface area contributed by atoms with Crippen molar-refractivity contribution in [3.63, 3.8) is 0 Å². The SMILES string of the molecule is O=C(Cc1cccc(O)c1)NCCOCC1CCOC1. The maximum absolute atomic E-state index is 11.7. The van der Waals surface area contributed by atoms with Gasteiger partial charge >= 0.3 is 0 Å². The highest BCUT2D eigenvalue weighted by atomic mass is 16.5. The molecule has 1 atom stereocenters. The first-order valence-corrected chi connectivity index (χ1v) is 6.94. The van der Waals surface area contributed by atoms with E-state index in [1.165, 1.54) is 0 Å². The van der Waals surface area contributed by atoms with Crippen LogP contribution in [0.15, 0.2) is 24.3 Å². The van der Waals surface area contributed by atoms with E-state index in [0.717, 1.165) is 25.2 Å². The maximum atomic E-state index is 11.7. The van der Waals surface area contributed by atoms with Crippen LogP contribution in [0.2, 0.25) is 0 Å². The number of hydrogen-bond acceptors (Lipinski definition) is 4. The molecule has 110 valence electrons. The molecule has 1 aliphatic rings. The lowest BCUT2D eigenvalue weighted by atomic mass is 10.1. The summed E-state index contributed by atoms with van der Waals surface area (Å²) in [6, 6.07) is 6.72. The third-order valence-corrected chi connectivity index (χ3v) is 3.22. The minimum absolute atomic E-state index is 0.0663. The number of aromatic hydroxyl groups is 1. The summed E-state index contributed by atoms with van der Waals surface area (Å²) in [7, 11) is 0. The van der Waals surface area contributed by atoms with Gasteiger partial charge in [-0.1, -0.05) is 12.1 Å². The van der Waals surface area contributed by atoms with Crippen LogP contribution in [0.4, 0.5) is 0 Å². The average molecular weight is 279 g/mol. The molecule has 0 spiro atoms. The van der Waals surface area contributed by atoms with Gasteiger partial charge in [0.05, 0.1) is 26.2 Å². The van der Waals surface area contributed by atoms with E-state index in [1.54, 1.807) is 18.2 Å². The maximum Gasteiger partial charge on any atom is 0.224 e. The van der Waals surface area contributed by atoms with Crippen molar-refractivity contribution in [1.29, 1.82) is 0 Å². The van der Waals surface area contributed by atoms with Crippen LogP contribution in [0.5, 0.6) is 5.75 Å². The molecule has 1 aromatic carbocycles. The molecule has 1 heterocycles. The molecule has 1 fully saturated rings. The summed E-state index contributed by atoms with van der Waals surface area (Å²) in [4.78, 5) is 11.7.